The van der Waals surface area contributed by atoms with Gasteiger partial charge >= 0.3 is 0 Å². The number of aliphatic hydroxyl groups is 1. The average Bonchev–Trinajstić information content (AvgIpc) is 2.76. The first kappa shape index (κ1) is 13.2. The lowest BCUT2D eigenvalue weighted by Gasteiger charge is -2.14. The van der Waals surface area contributed by atoms with Gasteiger partial charge in [-0.25, -0.2) is 0 Å². The molecule has 90 valence electrons. The molecule has 0 aromatic carbocycles. The van der Waals surface area contributed by atoms with Crippen molar-refractivity contribution >= 4 is 17.2 Å². The number of ether oxygens (including phenoxy) is 1. The van der Waals surface area contributed by atoms with Gasteiger partial charge in [-0.15, -0.1) is 11.3 Å². The summed E-state index contributed by atoms with van der Waals surface area (Å²) in [5.74, 6) is -0.136. The molecule has 2 N–H and O–H groups in total. The van der Waals surface area contributed by atoms with Crippen LogP contribution in [0.4, 0.5) is 0 Å². The molecule has 0 bridgehead atoms. The van der Waals surface area contributed by atoms with Gasteiger partial charge in [-0.05, 0) is 23.4 Å². The number of carbonyl (C=O) groups is 1. The van der Waals surface area contributed by atoms with Gasteiger partial charge < -0.3 is 15.2 Å². The van der Waals surface area contributed by atoms with Gasteiger partial charge in [0.15, 0.2) is 0 Å². The number of aliphatic hydroxyl groups excluding tert-OH is 1. The first-order chi connectivity index (χ1) is 7.72. The van der Waals surface area contributed by atoms with Crippen LogP contribution in [0, 0.1) is 0 Å². The number of nitrogens with one attached hydrogen (secondary N) is 1. The van der Waals surface area contributed by atoms with Crippen molar-refractivity contribution in [2.45, 2.75) is 19.4 Å². The van der Waals surface area contributed by atoms with Crippen molar-refractivity contribution in [2.24, 2.45) is 0 Å². The number of hydrogen-bond donors (Lipinski definition) is 2. The SMILES string of the molecule is CCc1ccsc1C(=O)NC(CO)COC. The van der Waals surface area contributed by atoms with Crippen LogP contribution in [0.1, 0.15) is 22.2 Å². The maximum Gasteiger partial charge on any atom is 0.262 e. The highest BCUT2D eigenvalue weighted by Crippen LogP contribution is 2.17. The summed E-state index contributed by atoms with van der Waals surface area (Å²) in [6, 6.07) is 1.61. The van der Waals surface area contributed by atoms with Crippen LogP contribution in [0.25, 0.3) is 0 Å². The smallest absolute Gasteiger partial charge is 0.262 e. The molecule has 16 heavy (non-hydrogen) atoms. The summed E-state index contributed by atoms with van der Waals surface area (Å²) in [6.07, 6.45) is 0.834. The Balaban J connectivity index is 2.64. The van der Waals surface area contributed by atoms with E-state index in [1.165, 1.54) is 18.4 Å². The maximum atomic E-state index is 11.9. The molecule has 0 aliphatic carbocycles. The van der Waals surface area contributed by atoms with Gasteiger partial charge in [-0.3, -0.25) is 4.79 Å². The van der Waals surface area contributed by atoms with Crippen LogP contribution in [0.5, 0.6) is 0 Å². The molecule has 5 heteroatoms. The number of hydrogen-bond acceptors (Lipinski definition) is 4. The number of methoxy groups -OCH3 is 1. The fourth-order valence-corrected chi connectivity index (χ4v) is 2.30. The van der Waals surface area contributed by atoms with Crippen molar-refractivity contribution in [3.8, 4) is 0 Å². The Morgan fingerprint density at radius 3 is 3.00 bits per heavy atom. The highest BCUT2D eigenvalue weighted by Gasteiger charge is 2.16. The molecule has 0 fully saturated rings. The molecule has 0 radical (unpaired) electrons. The van der Waals surface area contributed by atoms with Crippen LogP contribution in [-0.4, -0.2) is 37.4 Å². The Hall–Kier alpha value is -0.910. The summed E-state index contributed by atoms with van der Waals surface area (Å²) in [5, 5.41) is 13.7. The number of amides is 1. The summed E-state index contributed by atoms with van der Waals surface area (Å²) in [6.45, 7) is 2.21. The predicted octanol–water partition coefficient (Wildman–Crippen LogP) is 1.05. The standard InChI is InChI=1S/C11H17NO3S/c1-3-8-4-5-16-10(8)11(14)12-9(6-13)7-15-2/h4-5,9,13H,3,6-7H2,1-2H3,(H,12,14). The lowest BCUT2D eigenvalue weighted by Crippen LogP contribution is -2.40. The Morgan fingerprint density at radius 1 is 1.69 bits per heavy atom. The number of aryl methyl sites for hydroxylation is 1. The Labute approximate surface area is 99.2 Å². The summed E-state index contributed by atoms with van der Waals surface area (Å²) in [7, 11) is 1.54. The minimum atomic E-state index is -0.343. The molecule has 1 unspecified atom stereocenters. The lowest BCUT2D eigenvalue weighted by molar-refractivity contribution is 0.0842. The Morgan fingerprint density at radius 2 is 2.44 bits per heavy atom. The van der Waals surface area contributed by atoms with Crippen molar-refractivity contribution in [1.82, 2.24) is 5.32 Å². The third-order valence-corrected chi connectivity index (χ3v) is 3.21. The third-order valence-electron chi connectivity index (χ3n) is 2.26. The zero-order valence-electron chi connectivity index (χ0n) is 9.53. The van der Waals surface area contributed by atoms with Crippen LogP contribution in [-0.2, 0) is 11.2 Å². The van der Waals surface area contributed by atoms with Crippen LogP contribution in [0.2, 0.25) is 0 Å². The third kappa shape index (κ3) is 3.30. The van der Waals surface area contributed by atoms with Gasteiger partial charge in [0.1, 0.15) is 0 Å². The van der Waals surface area contributed by atoms with E-state index in [4.69, 9.17) is 9.84 Å². The number of carbonyl (C=O) groups excluding carboxylic acids is 1. The van der Waals surface area contributed by atoms with Crippen molar-refractivity contribution in [1.29, 1.82) is 0 Å². The molecule has 1 amide bonds. The summed E-state index contributed by atoms with van der Waals surface area (Å²) in [4.78, 5) is 12.6. The summed E-state index contributed by atoms with van der Waals surface area (Å²) < 4.78 is 4.90. The predicted molar refractivity (Wildman–Crippen MR) is 63.9 cm³/mol. The van der Waals surface area contributed by atoms with Crippen LogP contribution in [0.3, 0.4) is 0 Å². The molecule has 1 rings (SSSR count). The summed E-state index contributed by atoms with van der Waals surface area (Å²) in [5.41, 5.74) is 1.04. The molecular formula is C11H17NO3S. The highest BCUT2D eigenvalue weighted by atomic mass is 32.1. The second-order valence-corrected chi connectivity index (χ2v) is 4.35. The molecule has 0 saturated heterocycles. The molecule has 1 aromatic heterocycles. The van der Waals surface area contributed by atoms with E-state index < -0.39 is 0 Å². The van der Waals surface area contributed by atoms with E-state index in [1.54, 1.807) is 0 Å². The average molecular weight is 243 g/mol. The first-order valence-electron chi connectivity index (χ1n) is 5.19. The summed E-state index contributed by atoms with van der Waals surface area (Å²) >= 11 is 1.42. The van der Waals surface area contributed by atoms with Crippen molar-refractivity contribution in [2.75, 3.05) is 20.3 Å². The highest BCUT2D eigenvalue weighted by molar-refractivity contribution is 7.12. The fourth-order valence-electron chi connectivity index (χ4n) is 1.41. The van der Waals surface area contributed by atoms with E-state index in [0.29, 0.717) is 6.61 Å². The quantitative estimate of drug-likeness (QED) is 0.785. The second kappa shape index (κ2) is 6.62. The van der Waals surface area contributed by atoms with E-state index in [9.17, 15) is 4.79 Å². The van der Waals surface area contributed by atoms with Gasteiger partial charge in [-0.2, -0.15) is 0 Å². The van der Waals surface area contributed by atoms with Crippen molar-refractivity contribution < 1.29 is 14.6 Å². The zero-order valence-corrected chi connectivity index (χ0v) is 10.3. The lowest BCUT2D eigenvalue weighted by atomic mass is 10.2. The normalized spacial score (nSPS) is 12.4. The van der Waals surface area contributed by atoms with Gasteiger partial charge in [0.2, 0.25) is 0 Å². The molecule has 0 saturated carbocycles. The number of rotatable bonds is 6. The Kier molecular flexibility index (Phi) is 5.45. The molecule has 1 heterocycles. The number of thiophene rings is 1. The Bertz CT molecular complexity index is 338. The molecule has 0 aliphatic rings. The minimum Gasteiger partial charge on any atom is -0.394 e. The van der Waals surface area contributed by atoms with E-state index in [-0.39, 0.29) is 18.6 Å². The van der Waals surface area contributed by atoms with E-state index in [1.807, 2.05) is 18.4 Å². The zero-order chi connectivity index (χ0) is 12.0. The maximum absolute atomic E-state index is 11.9. The van der Waals surface area contributed by atoms with Crippen LogP contribution < -0.4 is 5.32 Å². The topological polar surface area (TPSA) is 58.6 Å². The first-order valence-corrected chi connectivity index (χ1v) is 6.07. The molecule has 1 aromatic rings. The van der Waals surface area contributed by atoms with E-state index in [2.05, 4.69) is 5.32 Å². The molecule has 4 nitrogen and oxygen atoms in total. The van der Waals surface area contributed by atoms with Gasteiger partial charge in [-0.1, -0.05) is 6.92 Å². The molecule has 0 spiro atoms. The molecular weight excluding hydrogens is 226 g/mol. The van der Waals surface area contributed by atoms with E-state index >= 15 is 0 Å². The van der Waals surface area contributed by atoms with Gasteiger partial charge in [0.05, 0.1) is 24.1 Å². The van der Waals surface area contributed by atoms with Gasteiger partial charge in [0.25, 0.3) is 5.91 Å². The molecule has 1 atom stereocenters. The minimum absolute atomic E-state index is 0.119. The van der Waals surface area contributed by atoms with Crippen molar-refractivity contribution in [3.05, 3.63) is 21.9 Å². The fraction of sp³-hybridized carbons (Fsp3) is 0.545. The van der Waals surface area contributed by atoms with Gasteiger partial charge in [0, 0.05) is 7.11 Å². The van der Waals surface area contributed by atoms with Crippen LogP contribution >= 0.6 is 11.3 Å². The monoisotopic (exact) mass is 243 g/mol. The van der Waals surface area contributed by atoms with Crippen molar-refractivity contribution in [3.63, 3.8) is 0 Å². The van der Waals surface area contributed by atoms with Crippen LogP contribution in [0.15, 0.2) is 11.4 Å². The van der Waals surface area contributed by atoms with E-state index in [0.717, 1.165) is 16.9 Å². The second-order valence-electron chi connectivity index (χ2n) is 3.44. The molecule has 0 aliphatic heterocycles. The largest absolute Gasteiger partial charge is 0.394 e.